The molecule has 136 valence electrons. The summed E-state index contributed by atoms with van der Waals surface area (Å²) in [7, 11) is -4.17. The van der Waals surface area contributed by atoms with Crippen molar-refractivity contribution in [3.8, 4) is 0 Å². The van der Waals surface area contributed by atoms with Crippen LogP contribution in [0.2, 0.25) is 0 Å². The van der Waals surface area contributed by atoms with Crippen LogP contribution in [0.4, 0.5) is 0 Å². The fourth-order valence-electron chi connectivity index (χ4n) is 2.66. The van der Waals surface area contributed by atoms with E-state index >= 15 is 0 Å². The Balaban J connectivity index is 2.44. The van der Waals surface area contributed by atoms with Gasteiger partial charge < -0.3 is 14.8 Å². The number of esters is 1. The topological polar surface area (TPSA) is 134 Å². The molecule has 0 amide bonds. The van der Waals surface area contributed by atoms with Crippen LogP contribution in [-0.4, -0.2) is 41.6 Å². The number of hydrogen-bond acceptors (Lipinski definition) is 5. The van der Waals surface area contributed by atoms with E-state index in [9.17, 15) is 18.0 Å². The summed E-state index contributed by atoms with van der Waals surface area (Å²) >= 11 is 0. The predicted octanol–water partition coefficient (Wildman–Crippen LogP) is 2.14. The van der Waals surface area contributed by atoms with Gasteiger partial charge in [0.2, 0.25) is 0 Å². The number of carboxylic acids is 1. The average Bonchev–Trinajstić information content (AvgIpc) is 2.83. The maximum atomic E-state index is 12.1. The lowest BCUT2D eigenvalue weighted by atomic mass is 10.0. The molecule has 1 heterocycles. The minimum atomic E-state index is -4.17. The van der Waals surface area contributed by atoms with Gasteiger partial charge in [0, 0.05) is 17.3 Å². The number of aliphatic carboxylic acids is 1. The second-order valence-corrected chi connectivity index (χ2v) is 7.01. The van der Waals surface area contributed by atoms with Crippen molar-refractivity contribution in [3.63, 3.8) is 0 Å². The van der Waals surface area contributed by atoms with Crippen LogP contribution in [0.5, 0.6) is 0 Å². The van der Waals surface area contributed by atoms with E-state index in [2.05, 4.69) is 4.98 Å². The van der Waals surface area contributed by atoms with Crippen LogP contribution in [0.1, 0.15) is 41.4 Å². The molecule has 0 atom stereocenters. The minimum absolute atomic E-state index is 0.0320. The largest absolute Gasteiger partial charge is 0.481 e. The van der Waals surface area contributed by atoms with Gasteiger partial charge in [-0.1, -0.05) is 12.1 Å². The number of carbonyl (C=O) groups excluding carboxylic acids is 1. The van der Waals surface area contributed by atoms with Crippen molar-refractivity contribution in [1.29, 1.82) is 0 Å². The molecule has 25 heavy (non-hydrogen) atoms. The number of fused-ring (bicyclic) bond motifs is 1. The number of ether oxygens (including phenoxy) is 1. The smallest absolute Gasteiger partial charge is 0.355 e. The number of nitrogens with one attached hydrogen (secondary N) is 1. The Kier molecular flexibility index (Phi) is 5.81. The summed E-state index contributed by atoms with van der Waals surface area (Å²) in [4.78, 5) is 25.8. The molecule has 1 aromatic heterocycles. The summed E-state index contributed by atoms with van der Waals surface area (Å²) in [6.45, 7) is 1.87. The van der Waals surface area contributed by atoms with Crippen LogP contribution in [0.25, 0.3) is 10.9 Å². The third-order valence-corrected chi connectivity index (χ3v) is 4.31. The Bertz CT molecular complexity index is 899. The molecule has 0 saturated heterocycles. The second-order valence-electron chi connectivity index (χ2n) is 5.55. The molecule has 2 rings (SSSR count). The quantitative estimate of drug-likeness (QED) is 0.479. The number of rotatable bonds is 8. The lowest BCUT2D eigenvalue weighted by molar-refractivity contribution is -0.137. The lowest BCUT2D eigenvalue weighted by Crippen LogP contribution is -2.08. The van der Waals surface area contributed by atoms with E-state index in [1.165, 1.54) is 6.07 Å². The zero-order chi connectivity index (χ0) is 18.6. The fraction of sp³-hybridized carbons (Fsp3) is 0.375. The van der Waals surface area contributed by atoms with Crippen LogP contribution >= 0.6 is 0 Å². The van der Waals surface area contributed by atoms with Gasteiger partial charge in [-0.05, 0) is 37.0 Å². The van der Waals surface area contributed by atoms with Crippen molar-refractivity contribution < 1.29 is 32.4 Å². The Morgan fingerprint density at radius 3 is 2.60 bits per heavy atom. The lowest BCUT2D eigenvalue weighted by Gasteiger charge is -2.04. The first-order valence-corrected chi connectivity index (χ1v) is 9.29. The van der Waals surface area contributed by atoms with E-state index in [0.29, 0.717) is 34.9 Å². The molecule has 0 bridgehead atoms. The van der Waals surface area contributed by atoms with E-state index in [0.717, 1.165) is 0 Å². The number of hydrogen-bond donors (Lipinski definition) is 3. The number of H-pyrrole nitrogens is 1. The Morgan fingerprint density at radius 2 is 2.00 bits per heavy atom. The number of aromatic amines is 1. The molecule has 3 N–H and O–H groups in total. The van der Waals surface area contributed by atoms with Crippen LogP contribution in [0.3, 0.4) is 0 Å². The highest BCUT2D eigenvalue weighted by Crippen LogP contribution is 2.26. The normalized spacial score (nSPS) is 11.6. The minimum Gasteiger partial charge on any atom is -0.481 e. The van der Waals surface area contributed by atoms with Crippen LogP contribution in [0.15, 0.2) is 18.2 Å². The van der Waals surface area contributed by atoms with Gasteiger partial charge in [-0.15, -0.1) is 0 Å². The highest BCUT2D eigenvalue weighted by Gasteiger charge is 2.19. The fourth-order valence-corrected chi connectivity index (χ4v) is 3.26. The van der Waals surface area contributed by atoms with Gasteiger partial charge >= 0.3 is 11.9 Å². The summed E-state index contributed by atoms with van der Waals surface area (Å²) in [5.41, 5.74) is 1.75. The van der Waals surface area contributed by atoms with Crippen LogP contribution < -0.4 is 0 Å². The van der Waals surface area contributed by atoms with E-state index in [1.807, 2.05) is 0 Å². The molecule has 0 radical (unpaired) electrons. The number of carbonyl (C=O) groups is 2. The molecule has 9 heteroatoms. The van der Waals surface area contributed by atoms with Gasteiger partial charge in [-0.3, -0.25) is 9.35 Å². The molecule has 0 aliphatic rings. The summed E-state index contributed by atoms with van der Waals surface area (Å²) in [6, 6.07) is 4.72. The number of carboxylic acid groups (broad SMARTS) is 1. The second kappa shape index (κ2) is 7.66. The molecule has 0 unspecified atom stereocenters. The molecular formula is C16H19NO7S. The van der Waals surface area contributed by atoms with Crippen molar-refractivity contribution in [2.24, 2.45) is 0 Å². The molecule has 2 aromatic rings. The Hall–Kier alpha value is -2.39. The van der Waals surface area contributed by atoms with Gasteiger partial charge in [-0.25, -0.2) is 4.79 Å². The average molecular weight is 369 g/mol. The SMILES string of the molecule is CCOC(=O)c1[nH]c2cc(CS(=O)(=O)O)ccc2c1CCCC(=O)O. The molecule has 8 nitrogen and oxygen atoms in total. The van der Waals surface area contributed by atoms with Crippen molar-refractivity contribution in [2.45, 2.75) is 31.9 Å². The monoisotopic (exact) mass is 369 g/mol. The van der Waals surface area contributed by atoms with Crippen molar-refractivity contribution in [1.82, 2.24) is 4.98 Å². The zero-order valence-electron chi connectivity index (χ0n) is 13.6. The van der Waals surface area contributed by atoms with Gasteiger partial charge in [0.1, 0.15) is 11.4 Å². The summed E-state index contributed by atoms with van der Waals surface area (Å²) in [5, 5.41) is 9.47. The maximum Gasteiger partial charge on any atom is 0.355 e. The number of benzene rings is 1. The molecular weight excluding hydrogens is 350 g/mol. The van der Waals surface area contributed by atoms with E-state index in [1.54, 1.807) is 19.1 Å². The molecule has 0 aliphatic carbocycles. The standard InChI is InChI=1S/C16H19NO7S/c1-2-24-16(20)15-12(4-3-5-14(18)19)11-7-6-10(8-13(11)17-15)9-25(21,22)23/h6-8,17H,2-5,9H2,1H3,(H,18,19)(H,21,22,23). The van der Waals surface area contributed by atoms with Gasteiger partial charge in [-0.2, -0.15) is 8.42 Å². The molecule has 0 aliphatic heterocycles. The van der Waals surface area contributed by atoms with Crippen LogP contribution in [0, 0.1) is 0 Å². The molecule has 0 spiro atoms. The van der Waals surface area contributed by atoms with Gasteiger partial charge in [0.05, 0.1) is 6.61 Å². The van der Waals surface area contributed by atoms with E-state index < -0.39 is 27.8 Å². The third-order valence-electron chi connectivity index (χ3n) is 3.62. The summed E-state index contributed by atoms with van der Waals surface area (Å²) in [6.07, 6.45) is 0.676. The summed E-state index contributed by atoms with van der Waals surface area (Å²) in [5.74, 6) is -2.02. The van der Waals surface area contributed by atoms with E-state index in [4.69, 9.17) is 14.4 Å². The first kappa shape index (κ1) is 18.9. The highest BCUT2D eigenvalue weighted by atomic mass is 32.2. The first-order chi connectivity index (χ1) is 11.7. The summed E-state index contributed by atoms with van der Waals surface area (Å²) < 4.78 is 36.0. The van der Waals surface area contributed by atoms with Gasteiger partial charge in [0.15, 0.2) is 0 Å². The maximum absolute atomic E-state index is 12.1. The van der Waals surface area contributed by atoms with E-state index in [-0.39, 0.29) is 18.7 Å². The first-order valence-electron chi connectivity index (χ1n) is 7.69. The predicted molar refractivity (Wildman–Crippen MR) is 90.1 cm³/mol. The molecule has 0 fully saturated rings. The van der Waals surface area contributed by atoms with Crippen molar-refractivity contribution in [3.05, 3.63) is 35.0 Å². The van der Waals surface area contributed by atoms with Crippen molar-refractivity contribution >= 4 is 33.0 Å². The molecule has 1 aromatic carbocycles. The third kappa shape index (κ3) is 5.04. The number of aryl methyl sites for hydroxylation is 1. The Labute approximate surface area is 144 Å². The zero-order valence-corrected chi connectivity index (χ0v) is 14.4. The van der Waals surface area contributed by atoms with Crippen molar-refractivity contribution in [2.75, 3.05) is 6.61 Å². The van der Waals surface area contributed by atoms with Crippen LogP contribution in [-0.2, 0) is 31.8 Å². The highest BCUT2D eigenvalue weighted by molar-refractivity contribution is 7.85. The van der Waals surface area contributed by atoms with Gasteiger partial charge in [0.25, 0.3) is 10.1 Å². The Morgan fingerprint density at radius 1 is 1.28 bits per heavy atom. The number of aromatic nitrogens is 1. The molecule has 0 saturated carbocycles.